The van der Waals surface area contributed by atoms with Gasteiger partial charge in [-0.2, -0.15) is 4.98 Å². The second kappa shape index (κ2) is 12.9. The van der Waals surface area contributed by atoms with Crippen LogP contribution in [-0.2, 0) is 16.0 Å². The van der Waals surface area contributed by atoms with E-state index in [1.807, 2.05) is 49.3 Å². The molecule has 0 bridgehead atoms. The van der Waals surface area contributed by atoms with Crippen molar-refractivity contribution in [2.45, 2.75) is 31.4 Å². The summed E-state index contributed by atoms with van der Waals surface area (Å²) in [6, 6.07) is 15.0. The predicted molar refractivity (Wildman–Crippen MR) is 166 cm³/mol. The summed E-state index contributed by atoms with van der Waals surface area (Å²) in [5, 5.41) is 3.94. The highest BCUT2D eigenvalue weighted by Crippen LogP contribution is 2.31. The van der Waals surface area contributed by atoms with Gasteiger partial charge < -0.3 is 24.6 Å². The first-order valence-electron chi connectivity index (χ1n) is 15.0. The van der Waals surface area contributed by atoms with Crippen molar-refractivity contribution in [1.29, 1.82) is 0 Å². The minimum absolute atomic E-state index is 0.0490. The fraction of sp³-hybridized carbons (Fsp3) is 0.424. The van der Waals surface area contributed by atoms with Gasteiger partial charge in [0.05, 0.1) is 18.3 Å². The Morgan fingerprint density at radius 2 is 1.79 bits per heavy atom. The van der Waals surface area contributed by atoms with Crippen LogP contribution in [0.2, 0.25) is 0 Å². The van der Waals surface area contributed by atoms with E-state index in [2.05, 4.69) is 22.2 Å². The molecule has 0 saturated carbocycles. The van der Waals surface area contributed by atoms with Crippen molar-refractivity contribution < 1.29 is 13.9 Å². The molecule has 1 unspecified atom stereocenters. The number of morpholine rings is 1. The molecular weight excluding hydrogens is 547 g/mol. The number of pyridine rings is 1. The Balaban J connectivity index is 1.31. The van der Waals surface area contributed by atoms with Gasteiger partial charge >= 0.3 is 0 Å². The van der Waals surface area contributed by atoms with Crippen molar-refractivity contribution in [1.82, 2.24) is 24.3 Å². The van der Waals surface area contributed by atoms with Crippen molar-refractivity contribution in [3.05, 3.63) is 82.0 Å². The maximum atomic E-state index is 15.6. The van der Waals surface area contributed by atoms with Gasteiger partial charge in [0.1, 0.15) is 11.5 Å². The first kappa shape index (κ1) is 29.4. The minimum Gasteiger partial charge on any atom is -0.381 e. The normalized spacial score (nSPS) is 18.4. The topological polar surface area (TPSA) is 84.8 Å². The Hall–Kier alpha value is -3.70. The Labute approximate surface area is 251 Å². The summed E-state index contributed by atoms with van der Waals surface area (Å²) >= 11 is 0. The van der Waals surface area contributed by atoms with Gasteiger partial charge in [-0.3, -0.25) is 9.36 Å². The molecule has 2 aliphatic heterocycles. The van der Waals surface area contributed by atoms with Crippen molar-refractivity contribution in [3.8, 4) is 11.1 Å². The zero-order valence-electron chi connectivity index (χ0n) is 25.1. The molecule has 2 saturated heterocycles. The molecule has 4 heterocycles. The first-order valence-corrected chi connectivity index (χ1v) is 15.0. The molecule has 9 nitrogen and oxygen atoms in total. The van der Waals surface area contributed by atoms with Gasteiger partial charge in [-0.1, -0.05) is 24.3 Å². The van der Waals surface area contributed by atoms with E-state index >= 15 is 4.39 Å². The lowest BCUT2D eigenvalue weighted by Gasteiger charge is -2.30. The molecule has 43 heavy (non-hydrogen) atoms. The van der Waals surface area contributed by atoms with Crippen LogP contribution in [0.4, 0.5) is 16.0 Å². The zero-order chi connectivity index (χ0) is 29.9. The van der Waals surface area contributed by atoms with Crippen molar-refractivity contribution in [2.24, 2.45) is 0 Å². The van der Waals surface area contributed by atoms with Crippen molar-refractivity contribution in [3.63, 3.8) is 0 Å². The molecule has 6 rings (SSSR count). The molecule has 2 aromatic carbocycles. The van der Waals surface area contributed by atoms with Crippen LogP contribution in [0.25, 0.3) is 22.2 Å². The number of nitrogens with zero attached hydrogens (tertiary/aromatic N) is 5. The molecule has 0 aliphatic carbocycles. The van der Waals surface area contributed by atoms with E-state index < -0.39 is 5.82 Å². The number of hydrogen-bond acceptors (Lipinski definition) is 8. The lowest BCUT2D eigenvalue weighted by molar-refractivity contribution is -0.0208. The number of ether oxygens (including phenoxy) is 2. The van der Waals surface area contributed by atoms with Crippen LogP contribution in [0.5, 0.6) is 0 Å². The number of rotatable bonds is 8. The highest BCUT2D eigenvalue weighted by Gasteiger charge is 2.21. The fourth-order valence-electron chi connectivity index (χ4n) is 5.84. The third-order valence-electron chi connectivity index (χ3n) is 8.38. The summed E-state index contributed by atoms with van der Waals surface area (Å²) in [6.45, 7) is 4.91. The standard InChI is InChI=1S/C33H39FN6O3/c1-38(2)12-13-40-31-25(18-28(32(40)41)27-9-6-24(19-29(27)34)22-10-15-42-16-11-22)20-35-33(37-31)36-26-7-4-23(5-8-26)30-21-39(3)14-17-43-30/h4-9,18-20,22,30H,10-17,21H2,1-3H3,(H,35,36,37). The van der Waals surface area contributed by atoms with Crippen LogP contribution >= 0.6 is 0 Å². The molecule has 1 atom stereocenters. The van der Waals surface area contributed by atoms with E-state index in [0.29, 0.717) is 48.8 Å². The SMILES string of the molecule is CN(C)CCn1c(=O)c(-c2ccc(C3CCOCC3)cc2F)cc2cnc(Nc3ccc(C4CN(C)CCO4)cc3)nc21. The molecule has 2 aromatic heterocycles. The maximum Gasteiger partial charge on any atom is 0.260 e. The Bertz CT molecular complexity index is 1630. The molecular formula is C33H39FN6O3. The number of benzene rings is 2. The third kappa shape index (κ3) is 6.62. The van der Waals surface area contributed by atoms with E-state index in [4.69, 9.17) is 14.5 Å². The van der Waals surface area contributed by atoms with Crippen molar-refractivity contribution in [2.75, 3.05) is 65.9 Å². The van der Waals surface area contributed by atoms with Gasteiger partial charge in [0, 0.05) is 62.2 Å². The lowest BCUT2D eigenvalue weighted by Crippen LogP contribution is -2.35. The van der Waals surface area contributed by atoms with Gasteiger partial charge in [-0.25, -0.2) is 9.37 Å². The van der Waals surface area contributed by atoms with Crippen LogP contribution in [0.3, 0.4) is 0 Å². The summed E-state index contributed by atoms with van der Waals surface area (Å²) in [4.78, 5) is 27.4. The van der Waals surface area contributed by atoms with Crippen LogP contribution in [0, 0.1) is 5.82 Å². The number of anilines is 2. The van der Waals surface area contributed by atoms with E-state index in [-0.39, 0.29) is 23.1 Å². The average molecular weight is 587 g/mol. The summed E-state index contributed by atoms with van der Waals surface area (Å²) in [5.74, 6) is 0.252. The second-order valence-electron chi connectivity index (χ2n) is 11.8. The first-order chi connectivity index (χ1) is 20.9. The number of fused-ring (bicyclic) bond motifs is 1. The minimum atomic E-state index is -0.396. The fourth-order valence-corrected chi connectivity index (χ4v) is 5.84. The Morgan fingerprint density at radius 1 is 1.02 bits per heavy atom. The van der Waals surface area contributed by atoms with Gasteiger partial charge in [-0.05, 0) is 75.3 Å². The highest BCUT2D eigenvalue weighted by molar-refractivity contribution is 5.82. The van der Waals surface area contributed by atoms with Crippen LogP contribution in [-0.4, -0.2) is 84.9 Å². The predicted octanol–water partition coefficient (Wildman–Crippen LogP) is 4.80. The van der Waals surface area contributed by atoms with Gasteiger partial charge in [0.2, 0.25) is 5.95 Å². The van der Waals surface area contributed by atoms with E-state index in [1.165, 1.54) is 0 Å². The molecule has 10 heteroatoms. The smallest absolute Gasteiger partial charge is 0.260 e. The Kier molecular flexibility index (Phi) is 8.80. The van der Waals surface area contributed by atoms with E-state index in [0.717, 1.165) is 49.4 Å². The Morgan fingerprint density at radius 3 is 2.51 bits per heavy atom. The number of nitrogens with one attached hydrogen (secondary N) is 1. The summed E-state index contributed by atoms with van der Waals surface area (Å²) in [7, 11) is 6.01. The molecule has 0 amide bonds. The molecule has 0 radical (unpaired) electrons. The van der Waals surface area contributed by atoms with Gasteiger partial charge in [0.15, 0.2) is 0 Å². The largest absolute Gasteiger partial charge is 0.381 e. The van der Waals surface area contributed by atoms with Crippen LogP contribution in [0.15, 0.2) is 59.5 Å². The zero-order valence-corrected chi connectivity index (χ0v) is 25.1. The average Bonchev–Trinajstić information content (AvgIpc) is 3.01. The van der Waals surface area contributed by atoms with E-state index in [9.17, 15) is 4.79 Å². The number of halogens is 1. The summed E-state index contributed by atoms with van der Waals surface area (Å²) in [5.41, 5.74) is 3.71. The molecule has 4 aromatic rings. The van der Waals surface area contributed by atoms with Crippen LogP contribution < -0.4 is 10.9 Å². The van der Waals surface area contributed by atoms with Crippen LogP contribution in [0.1, 0.15) is 36.0 Å². The number of aromatic nitrogens is 3. The molecule has 2 fully saturated rings. The summed E-state index contributed by atoms with van der Waals surface area (Å²) in [6.07, 6.45) is 3.48. The highest BCUT2D eigenvalue weighted by atomic mass is 19.1. The molecule has 1 N–H and O–H groups in total. The number of hydrogen-bond donors (Lipinski definition) is 1. The molecule has 226 valence electrons. The monoisotopic (exact) mass is 586 g/mol. The number of likely N-dealkylation sites (N-methyl/N-ethyl adjacent to an activating group) is 2. The lowest BCUT2D eigenvalue weighted by atomic mass is 9.90. The summed E-state index contributed by atoms with van der Waals surface area (Å²) < 4.78 is 28.6. The third-order valence-corrected chi connectivity index (χ3v) is 8.38. The van der Waals surface area contributed by atoms with Crippen molar-refractivity contribution >= 4 is 22.7 Å². The maximum absolute atomic E-state index is 15.6. The quantitative estimate of drug-likeness (QED) is 0.315. The second-order valence-corrected chi connectivity index (χ2v) is 11.8. The molecule has 2 aliphatic rings. The van der Waals surface area contributed by atoms with E-state index in [1.54, 1.807) is 29.0 Å². The van der Waals surface area contributed by atoms with Gasteiger partial charge in [0.25, 0.3) is 5.56 Å². The molecule has 0 spiro atoms. The van der Waals surface area contributed by atoms with Gasteiger partial charge in [-0.15, -0.1) is 0 Å².